The molecule has 1 aliphatic rings. The van der Waals surface area contributed by atoms with Gasteiger partial charge < -0.3 is 20.3 Å². The second-order valence-electron chi connectivity index (χ2n) is 5.28. The van der Waals surface area contributed by atoms with Gasteiger partial charge in [-0.25, -0.2) is 4.98 Å². The molecule has 0 bridgehead atoms. The molecule has 1 unspecified atom stereocenters. The summed E-state index contributed by atoms with van der Waals surface area (Å²) in [6.07, 6.45) is 1.28. The number of rotatable bonds is 6. The fourth-order valence-electron chi connectivity index (χ4n) is 2.18. The predicted octanol–water partition coefficient (Wildman–Crippen LogP) is 1.35. The normalized spacial score (nSPS) is 19.9. The third kappa shape index (κ3) is 4.61. The van der Waals surface area contributed by atoms with Crippen molar-refractivity contribution in [3.05, 3.63) is 11.8 Å². The molecule has 2 heterocycles. The van der Waals surface area contributed by atoms with Gasteiger partial charge in [0.25, 0.3) is 0 Å². The van der Waals surface area contributed by atoms with Gasteiger partial charge in [-0.1, -0.05) is 6.92 Å². The van der Waals surface area contributed by atoms with Crippen LogP contribution in [0.15, 0.2) is 6.07 Å². The van der Waals surface area contributed by atoms with Crippen LogP contribution in [0.5, 0.6) is 0 Å². The number of aromatic nitrogens is 2. The third-order valence-electron chi connectivity index (χ3n) is 3.24. The first-order chi connectivity index (χ1) is 9.67. The van der Waals surface area contributed by atoms with E-state index < -0.39 is 0 Å². The molecule has 1 aliphatic heterocycles. The lowest BCUT2D eigenvalue weighted by Gasteiger charge is -2.30. The van der Waals surface area contributed by atoms with Gasteiger partial charge in [-0.05, 0) is 20.4 Å². The van der Waals surface area contributed by atoms with Crippen molar-refractivity contribution >= 4 is 11.8 Å². The van der Waals surface area contributed by atoms with Crippen LogP contribution in [0.1, 0.15) is 19.0 Å². The van der Waals surface area contributed by atoms with Gasteiger partial charge in [-0.2, -0.15) is 4.98 Å². The Hall–Kier alpha value is -1.40. The van der Waals surface area contributed by atoms with Crippen molar-refractivity contribution < 1.29 is 4.74 Å². The van der Waals surface area contributed by atoms with Crippen molar-refractivity contribution in [3.63, 3.8) is 0 Å². The Morgan fingerprint density at radius 2 is 2.25 bits per heavy atom. The van der Waals surface area contributed by atoms with Crippen molar-refractivity contribution in [3.8, 4) is 0 Å². The maximum absolute atomic E-state index is 5.73. The second-order valence-corrected chi connectivity index (χ2v) is 5.28. The molecule has 0 radical (unpaired) electrons. The highest BCUT2D eigenvalue weighted by molar-refractivity contribution is 5.42. The zero-order valence-corrected chi connectivity index (χ0v) is 12.6. The Morgan fingerprint density at radius 1 is 1.40 bits per heavy atom. The Bertz CT molecular complexity index is 426. The number of nitrogens with zero attached hydrogens (tertiary/aromatic N) is 3. The molecule has 2 rings (SSSR count). The average molecular weight is 279 g/mol. The van der Waals surface area contributed by atoms with E-state index in [1.807, 2.05) is 13.0 Å². The molecule has 0 saturated carbocycles. The van der Waals surface area contributed by atoms with Crippen LogP contribution in [0.4, 0.5) is 11.8 Å². The summed E-state index contributed by atoms with van der Waals surface area (Å²) in [6, 6.07) is 1.96. The van der Waals surface area contributed by atoms with Gasteiger partial charge in [0, 0.05) is 37.9 Å². The smallest absolute Gasteiger partial charge is 0.224 e. The van der Waals surface area contributed by atoms with Crippen LogP contribution in [0, 0.1) is 6.92 Å². The van der Waals surface area contributed by atoms with E-state index in [-0.39, 0.29) is 6.10 Å². The highest BCUT2D eigenvalue weighted by atomic mass is 16.5. The van der Waals surface area contributed by atoms with Crippen molar-refractivity contribution in [1.82, 2.24) is 14.9 Å². The van der Waals surface area contributed by atoms with Crippen LogP contribution in [0.2, 0.25) is 0 Å². The largest absolute Gasteiger partial charge is 0.374 e. The lowest BCUT2D eigenvalue weighted by Crippen LogP contribution is -2.43. The van der Waals surface area contributed by atoms with Crippen LogP contribution >= 0.6 is 0 Å². The van der Waals surface area contributed by atoms with Gasteiger partial charge >= 0.3 is 0 Å². The third-order valence-corrected chi connectivity index (χ3v) is 3.24. The standard InChI is InChI=1S/C14H25N5O/c1-4-5-15-14-17-11(2)8-13(18-14)16-9-12-10-19(3)6-7-20-12/h8,12H,4-7,9-10H2,1-3H3,(H2,15,16,17,18). The summed E-state index contributed by atoms with van der Waals surface area (Å²) in [5.74, 6) is 1.55. The van der Waals surface area contributed by atoms with E-state index in [1.54, 1.807) is 0 Å². The number of morpholine rings is 1. The number of likely N-dealkylation sites (N-methyl/N-ethyl adjacent to an activating group) is 1. The molecular weight excluding hydrogens is 254 g/mol. The molecule has 1 aromatic rings. The number of anilines is 2. The summed E-state index contributed by atoms with van der Waals surface area (Å²) < 4.78 is 5.73. The number of hydrogen-bond donors (Lipinski definition) is 2. The van der Waals surface area contributed by atoms with Gasteiger partial charge in [0.05, 0.1) is 12.7 Å². The van der Waals surface area contributed by atoms with Crippen LogP contribution < -0.4 is 10.6 Å². The van der Waals surface area contributed by atoms with Crippen LogP contribution in [0.3, 0.4) is 0 Å². The van der Waals surface area contributed by atoms with Crippen LogP contribution in [-0.2, 0) is 4.74 Å². The average Bonchev–Trinajstić information content (AvgIpc) is 2.42. The van der Waals surface area contributed by atoms with Crippen molar-refractivity contribution in [1.29, 1.82) is 0 Å². The summed E-state index contributed by atoms with van der Waals surface area (Å²) in [7, 11) is 2.12. The molecular formula is C14H25N5O. The molecule has 2 N–H and O–H groups in total. The summed E-state index contributed by atoms with van der Waals surface area (Å²) in [5.41, 5.74) is 0.961. The molecule has 6 nitrogen and oxygen atoms in total. The summed E-state index contributed by atoms with van der Waals surface area (Å²) in [4.78, 5) is 11.1. The first-order valence-electron chi connectivity index (χ1n) is 7.31. The first-order valence-corrected chi connectivity index (χ1v) is 7.31. The Balaban J connectivity index is 1.89. The minimum atomic E-state index is 0.219. The maximum Gasteiger partial charge on any atom is 0.224 e. The van der Waals surface area contributed by atoms with E-state index in [4.69, 9.17) is 4.74 Å². The highest BCUT2D eigenvalue weighted by Gasteiger charge is 2.17. The zero-order valence-electron chi connectivity index (χ0n) is 12.6. The van der Waals surface area contributed by atoms with E-state index in [0.717, 1.165) is 50.7 Å². The monoisotopic (exact) mass is 279 g/mol. The molecule has 0 aromatic carbocycles. The summed E-state index contributed by atoms with van der Waals surface area (Å²) in [6.45, 7) is 8.53. The maximum atomic E-state index is 5.73. The quantitative estimate of drug-likeness (QED) is 0.819. The zero-order chi connectivity index (χ0) is 14.4. The SMILES string of the molecule is CCCNc1nc(C)cc(NCC2CN(C)CCO2)n1. The first kappa shape index (κ1) is 15.0. The van der Waals surface area contributed by atoms with E-state index >= 15 is 0 Å². The van der Waals surface area contributed by atoms with Gasteiger partial charge in [0.1, 0.15) is 5.82 Å². The van der Waals surface area contributed by atoms with E-state index in [1.165, 1.54) is 0 Å². The number of ether oxygens (including phenoxy) is 1. The van der Waals surface area contributed by atoms with E-state index in [2.05, 4.69) is 39.5 Å². The Kier molecular flexibility index (Phi) is 5.55. The molecule has 20 heavy (non-hydrogen) atoms. The highest BCUT2D eigenvalue weighted by Crippen LogP contribution is 2.11. The minimum Gasteiger partial charge on any atom is -0.374 e. The van der Waals surface area contributed by atoms with Gasteiger partial charge in [-0.15, -0.1) is 0 Å². The van der Waals surface area contributed by atoms with E-state index in [9.17, 15) is 0 Å². The topological polar surface area (TPSA) is 62.3 Å². The molecule has 0 amide bonds. The molecule has 0 spiro atoms. The summed E-state index contributed by atoms with van der Waals surface area (Å²) in [5, 5.41) is 6.57. The Morgan fingerprint density at radius 3 is 3.00 bits per heavy atom. The fourth-order valence-corrected chi connectivity index (χ4v) is 2.18. The molecule has 6 heteroatoms. The number of aryl methyl sites for hydroxylation is 1. The van der Waals surface area contributed by atoms with Gasteiger partial charge in [0.15, 0.2) is 0 Å². The molecule has 1 aromatic heterocycles. The number of nitrogens with one attached hydrogen (secondary N) is 2. The van der Waals surface area contributed by atoms with E-state index in [0.29, 0.717) is 5.95 Å². The second kappa shape index (κ2) is 7.40. The molecule has 1 atom stereocenters. The summed E-state index contributed by atoms with van der Waals surface area (Å²) >= 11 is 0. The van der Waals surface area contributed by atoms with Gasteiger partial charge in [-0.3, -0.25) is 0 Å². The lowest BCUT2D eigenvalue weighted by atomic mass is 10.3. The fraction of sp³-hybridized carbons (Fsp3) is 0.714. The van der Waals surface area contributed by atoms with Crippen LogP contribution in [-0.4, -0.2) is 60.8 Å². The van der Waals surface area contributed by atoms with Crippen molar-refractivity contribution in [2.75, 3.05) is 50.5 Å². The number of hydrogen-bond acceptors (Lipinski definition) is 6. The van der Waals surface area contributed by atoms with Crippen molar-refractivity contribution in [2.45, 2.75) is 26.4 Å². The lowest BCUT2D eigenvalue weighted by molar-refractivity contribution is -0.0117. The van der Waals surface area contributed by atoms with Crippen LogP contribution in [0.25, 0.3) is 0 Å². The molecule has 0 aliphatic carbocycles. The predicted molar refractivity (Wildman–Crippen MR) is 81.3 cm³/mol. The molecule has 1 fully saturated rings. The van der Waals surface area contributed by atoms with Gasteiger partial charge in [0.2, 0.25) is 5.95 Å². The molecule has 1 saturated heterocycles. The van der Waals surface area contributed by atoms with Crippen molar-refractivity contribution in [2.24, 2.45) is 0 Å². The minimum absolute atomic E-state index is 0.219. The molecule has 112 valence electrons. The Labute approximate surface area is 120 Å².